The summed E-state index contributed by atoms with van der Waals surface area (Å²) >= 11 is 0. The molecule has 0 aromatic carbocycles. The van der Waals surface area contributed by atoms with E-state index in [9.17, 15) is 4.79 Å². The van der Waals surface area contributed by atoms with Gasteiger partial charge in [-0.3, -0.25) is 4.79 Å². The number of hydrogen-bond donors (Lipinski definition) is 0. The van der Waals surface area contributed by atoms with Crippen LogP contribution in [-0.4, -0.2) is 5.78 Å². The van der Waals surface area contributed by atoms with E-state index < -0.39 is 0 Å². The van der Waals surface area contributed by atoms with Gasteiger partial charge in [-0.25, -0.2) is 0 Å². The summed E-state index contributed by atoms with van der Waals surface area (Å²) in [7, 11) is 0. The highest BCUT2D eigenvalue weighted by atomic mass is 16.1. The van der Waals surface area contributed by atoms with Gasteiger partial charge in [-0.2, -0.15) is 0 Å². The van der Waals surface area contributed by atoms with Crippen LogP contribution in [0.5, 0.6) is 0 Å². The molecule has 1 fully saturated rings. The molecule has 0 N–H and O–H groups in total. The molecule has 0 aromatic rings. The molecular formula is C11H14O. The zero-order chi connectivity index (χ0) is 8.39. The number of carbonyl (C=O) groups is 1. The molecule has 2 rings (SSSR count). The SMILES string of the molecule is O=C1C/C=C\C/C=C/C[C@H]2C[C@@H]12. The molecule has 2 atom stereocenters. The number of carbonyl (C=O) groups excluding carboxylic acids is 1. The van der Waals surface area contributed by atoms with E-state index in [0.29, 0.717) is 24.0 Å². The van der Waals surface area contributed by atoms with Crippen molar-refractivity contribution in [2.24, 2.45) is 11.8 Å². The minimum absolute atomic E-state index is 0.400. The van der Waals surface area contributed by atoms with Crippen LogP contribution in [0.3, 0.4) is 0 Å². The lowest BCUT2D eigenvalue weighted by Crippen LogP contribution is -2.00. The maximum Gasteiger partial charge on any atom is 0.140 e. The van der Waals surface area contributed by atoms with Gasteiger partial charge in [0.15, 0.2) is 0 Å². The van der Waals surface area contributed by atoms with Gasteiger partial charge in [0, 0.05) is 12.3 Å². The highest BCUT2D eigenvalue weighted by molar-refractivity contribution is 5.85. The van der Waals surface area contributed by atoms with E-state index in [2.05, 4.69) is 18.2 Å². The average Bonchev–Trinajstić information content (AvgIpc) is 2.82. The van der Waals surface area contributed by atoms with Gasteiger partial charge in [0.25, 0.3) is 0 Å². The standard InChI is InChI=1S/C11H14O/c12-11-7-5-3-1-2-4-6-9-8-10(9)11/h2-5,9-10H,1,6-8H2/b4-2+,5-3-/t9-,10+/m0/s1. The van der Waals surface area contributed by atoms with E-state index in [1.165, 1.54) is 0 Å². The predicted molar refractivity (Wildman–Crippen MR) is 48.7 cm³/mol. The topological polar surface area (TPSA) is 17.1 Å². The molecular weight excluding hydrogens is 148 g/mol. The van der Waals surface area contributed by atoms with Crippen LogP contribution in [0.25, 0.3) is 0 Å². The Morgan fingerprint density at radius 1 is 1.17 bits per heavy atom. The minimum Gasteiger partial charge on any atom is -0.299 e. The van der Waals surface area contributed by atoms with Gasteiger partial charge in [-0.05, 0) is 25.2 Å². The number of hydrogen-bond acceptors (Lipinski definition) is 1. The zero-order valence-electron chi connectivity index (χ0n) is 7.20. The Morgan fingerprint density at radius 3 is 2.92 bits per heavy atom. The highest BCUT2D eigenvalue weighted by Gasteiger charge is 2.40. The van der Waals surface area contributed by atoms with Crippen LogP contribution in [0.4, 0.5) is 0 Å². The van der Waals surface area contributed by atoms with Crippen LogP contribution < -0.4 is 0 Å². The number of rotatable bonds is 0. The maximum absolute atomic E-state index is 11.4. The van der Waals surface area contributed by atoms with E-state index in [-0.39, 0.29) is 0 Å². The van der Waals surface area contributed by atoms with Gasteiger partial charge in [0.05, 0.1) is 0 Å². The van der Waals surface area contributed by atoms with Crippen molar-refractivity contribution in [1.82, 2.24) is 0 Å². The second kappa shape index (κ2) is 3.26. The number of fused-ring (bicyclic) bond motifs is 1. The van der Waals surface area contributed by atoms with E-state index in [1.807, 2.05) is 6.08 Å². The summed E-state index contributed by atoms with van der Waals surface area (Å²) in [4.78, 5) is 11.4. The second-order valence-corrected chi connectivity index (χ2v) is 3.69. The van der Waals surface area contributed by atoms with Crippen molar-refractivity contribution in [2.75, 3.05) is 0 Å². The fraction of sp³-hybridized carbons (Fsp3) is 0.545. The van der Waals surface area contributed by atoms with Crippen LogP contribution in [0, 0.1) is 11.8 Å². The van der Waals surface area contributed by atoms with E-state index >= 15 is 0 Å². The molecule has 0 amide bonds. The Labute approximate surface area is 73.2 Å². The molecule has 1 nitrogen and oxygen atoms in total. The Kier molecular flexibility index (Phi) is 2.11. The highest BCUT2D eigenvalue weighted by Crippen LogP contribution is 2.43. The van der Waals surface area contributed by atoms with Gasteiger partial charge in [-0.1, -0.05) is 24.3 Å². The average molecular weight is 162 g/mol. The number of ketones is 1. The van der Waals surface area contributed by atoms with Gasteiger partial charge < -0.3 is 0 Å². The lowest BCUT2D eigenvalue weighted by Gasteiger charge is -1.96. The van der Waals surface area contributed by atoms with E-state index in [0.717, 1.165) is 19.3 Å². The van der Waals surface area contributed by atoms with Crippen LogP contribution in [-0.2, 0) is 4.79 Å². The molecule has 2 aliphatic carbocycles. The Hall–Kier alpha value is -0.850. The van der Waals surface area contributed by atoms with Crippen LogP contribution >= 0.6 is 0 Å². The smallest absolute Gasteiger partial charge is 0.140 e. The first kappa shape index (κ1) is 7.78. The minimum atomic E-state index is 0.400. The lowest BCUT2D eigenvalue weighted by molar-refractivity contribution is -0.119. The fourth-order valence-corrected chi connectivity index (χ4v) is 1.80. The molecule has 0 bridgehead atoms. The summed E-state index contributed by atoms with van der Waals surface area (Å²) in [5.74, 6) is 1.53. The van der Waals surface area contributed by atoms with Crippen molar-refractivity contribution in [3.05, 3.63) is 24.3 Å². The monoisotopic (exact) mass is 162 g/mol. The summed E-state index contributed by atoms with van der Waals surface area (Å²) in [5.41, 5.74) is 0. The van der Waals surface area contributed by atoms with Gasteiger partial charge in [0.2, 0.25) is 0 Å². The Morgan fingerprint density at radius 2 is 2.00 bits per heavy atom. The molecule has 0 heterocycles. The summed E-state index contributed by atoms with van der Waals surface area (Å²) in [6, 6.07) is 0. The molecule has 64 valence electrons. The van der Waals surface area contributed by atoms with Crippen molar-refractivity contribution in [2.45, 2.75) is 25.7 Å². The first-order valence-electron chi connectivity index (χ1n) is 4.70. The Bertz CT molecular complexity index is 237. The molecule has 1 heteroatoms. The maximum atomic E-state index is 11.4. The Balaban J connectivity index is 2.01. The molecule has 12 heavy (non-hydrogen) atoms. The second-order valence-electron chi connectivity index (χ2n) is 3.69. The van der Waals surface area contributed by atoms with E-state index in [1.54, 1.807) is 0 Å². The van der Waals surface area contributed by atoms with Gasteiger partial charge >= 0.3 is 0 Å². The predicted octanol–water partition coefficient (Wildman–Crippen LogP) is 2.49. The molecule has 1 saturated carbocycles. The summed E-state index contributed by atoms with van der Waals surface area (Å²) in [5, 5.41) is 0. The van der Waals surface area contributed by atoms with Crippen molar-refractivity contribution < 1.29 is 4.79 Å². The van der Waals surface area contributed by atoms with Gasteiger partial charge in [0.1, 0.15) is 5.78 Å². The fourth-order valence-electron chi connectivity index (χ4n) is 1.80. The molecule has 0 saturated heterocycles. The van der Waals surface area contributed by atoms with Crippen molar-refractivity contribution >= 4 is 5.78 Å². The van der Waals surface area contributed by atoms with Crippen molar-refractivity contribution in [3.8, 4) is 0 Å². The summed E-state index contributed by atoms with van der Waals surface area (Å²) in [6.07, 6.45) is 12.4. The van der Waals surface area contributed by atoms with Crippen molar-refractivity contribution in [3.63, 3.8) is 0 Å². The molecule has 2 aliphatic rings. The third-order valence-corrected chi connectivity index (χ3v) is 2.70. The van der Waals surface area contributed by atoms with Crippen LogP contribution in [0.15, 0.2) is 24.3 Å². The third-order valence-electron chi connectivity index (χ3n) is 2.70. The first-order chi connectivity index (χ1) is 5.88. The third kappa shape index (κ3) is 1.66. The molecule has 0 aliphatic heterocycles. The van der Waals surface area contributed by atoms with Crippen molar-refractivity contribution in [1.29, 1.82) is 0 Å². The zero-order valence-corrected chi connectivity index (χ0v) is 7.20. The number of allylic oxidation sites excluding steroid dienone is 4. The summed E-state index contributed by atoms with van der Waals surface area (Å²) in [6.45, 7) is 0. The molecule has 0 unspecified atom stereocenters. The first-order valence-corrected chi connectivity index (χ1v) is 4.70. The molecule has 0 spiro atoms. The number of Topliss-reactive ketones (excluding diaryl/α,β-unsaturated/α-hetero) is 1. The van der Waals surface area contributed by atoms with E-state index in [4.69, 9.17) is 0 Å². The molecule has 0 aromatic heterocycles. The van der Waals surface area contributed by atoms with Crippen LogP contribution in [0.2, 0.25) is 0 Å². The largest absolute Gasteiger partial charge is 0.299 e. The summed E-state index contributed by atoms with van der Waals surface area (Å²) < 4.78 is 0. The van der Waals surface area contributed by atoms with Crippen LogP contribution in [0.1, 0.15) is 25.7 Å². The quantitative estimate of drug-likeness (QED) is 0.500. The lowest BCUT2D eigenvalue weighted by atomic mass is 10.1. The molecule has 0 radical (unpaired) electrons. The van der Waals surface area contributed by atoms with Gasteiger partial charge in [-0.15, -0.1) is 0 Å². The normalized spacial score (nSPS) is 39.8.